The summed E-state index contributed by atoms with van der Waals surface area (Å²) >= 11 is 0. The van der Waals surface area contributed by atoms with Gasteiger partial charge in [0.25, 0.3) is 0 Å². The Labute approximate surface area is 129 Å². The Hall–Kier alpha value is -2.27. The summed E-state index contributed by atoms with van der Waals surface area (Å²) < 4.78 is 10.4. The van der Waals surface area contributed by atoms with Crippen LogP contribution in [0.1, 0.15) is 17.2 Å². The molecule has 1 fully saturated rings. The van der Waals surface area contributed by atoms with E-state index in [1.165, 1.54) is 0 Å². The topological polar surface area (TPSA) is 63.5 Å². The second-order valence-corrected chi connectivity index (χ2v) is 5.44. The zero-order chi connectivity index (χ0) is 15.4. The third-order valence-corrected chi connectivity index (χ3v) is 4.11. The van der Waals surface area contributed by atoms with E-state index in [1.54, 1.807) is 13.4 Å². The van der Waals surface area contributed by atoms with Gasteiger partial charge in [-0.05, 0) is 29.8 Å². The van der Waals surface area contributed by atoms with Gasteiger partial charge in [-0.3, -0.25) is 4.79 Å². The molecule has 2 N–H and O–H groups in total. The third kappa shape index (κ3) is 3.14. The first-order chi connectivity index (χ1) is 10.8. The summed E-state index contributed by atoms with van der Waals surface area (Å²) in [5.41, 5.74) is 1.16. The summed E-state index contributed by atoms with van der Waals surface area (Å²) in [5, 5.41) is 6.26. The Morgan fingerprint density at radius 1 is 1.32 bits per heavy atom. The van der Waals surface area contributed by atoms with Gasteiger partial charge in [0.15, 0.2) is 0 Å². The Kier molecular flexibility index (Phi) is 4.44. The molecule has 1 aliphatic rings. The van der Waals surface area contributed by atoms with E-state index in [2.05, 4.69) is 10.6 Å². The summed E-state index contributed by atoms with van der Waals surface area (Å²) in [4.78, 5) is 12.4. The number of carbonyl (C=O) groups is 1. The fourth-order valence-corrected chi connectivity index (χ4v) is 2.87. The lowest BCUT2D eigenvalue weighted by atomic mass is 9.88. The Morgan fingerprint density at radius 3 is 2.82 bits per heavy atom. The summed E-state index contributed by atoms with van der Waals surface area (Å²) in [6.45, 7) is 1.93. The van der Waals surface area contributed by atoms with Crippen molar-refractivity contribution in [2.24, 2.45) is 5.92 Å². The number of furan rings is 1. The van der Waals surface area contributed by atoms with Crippen molar-refractivity contribution >= 4 is 5.91 Å². The predicted molar refractivity (Wildman–Crippen MR) is 82.6 cm³/mol. The highest BCUT2D eigenvalue weighted by molar-refractivity contribution is 5.80. The number of ether oxygens (including phenoxy) is 1. The standard InChI is InChI=1S/C17H20N2O3/c1-21-13-6-4-12(5-7-13)15-10-18-11-16(15)17(20)19-9-14-3-2-8-22-14/h2-8,15-16,18H,9-11H2,1H3,(H,19,20). The molecule has 2 unspecified atom stereocenters. The van der Waals surface area contributed by atoms with Crippen molar-refractivity contribution < 1.29 is 13.9 Å². The fraction of sp³-hybridized carbons (Fsp3) is 0.353. The van der Waals surface area contributed by atoms with Crippen molar-refractivity contribution in [1.29, 1.82) is 0 Å². The average Bonchev–Trinajstić information content (AvgIpc) is 3.24. The molecule has 0 bridgehead atoms. The number of methoxy groups -OCH3 is 1. The lowest BCUT2D eigenvalue weighted by Crippen LogP contribution is -2.33. The molecule has 2 atom stereocenters. The van der Waals surface area contributed by atoms with E-state index in [-0.39, 0.29) is 17.7 Å². The first kappa shape index (κ1) is 14.7. The second-order valence-electron chi connectivity index (χ2n) is 5.44. The largest absolute Gasteiger partial charge is 0.497 e. The van der Waals surface area contributed by atoms with Gasteiger partial charge >= 0.3 is 0 Å². The van der Waals surface area contributed by atoms with E-state index in [0.717, 1.165) is 23.6 Å². The lowest BCUT2D eigenvalue weighted by molar-refractivity contribution is -0.125. The maximum Gasteiger partial charge on any atom is 0.225 e. The van der Waals surface area contributed by atoms with Gasteiger partial charge < -0.3 is 19.8 Å². The molecule has 1 aromatic carbocycles. The molecule has 0 spiro atoms. The average molecular weight is 300 g/mol. The third-order valence-electron chi connectivity index (χ3n) is 4.11. The normalized spacial score (nSPS) is 20.8. The van der Waals surface area contributed by atoms with Crippen LogP contribution in [0.25, 0.3) is 0 Å². The van der Waals surface area contributed by atoms with Gasteiger partial charge in [-0.25, -0.2) is 0 Å². The van der Waals surface area contributed by atoms with Crippen molar-refractivity contribution in [2.75, 3.05) is 20.2 Å². The van der Waals surface area contributed by atoms with Crippen molar-refractivity contribution in [3.8, 4) is 5.75 Å². The van der Waals surface area contributed by atoms with Crippen LogP contribution in [0.15, 0.2) is 47.1 Å². The molecule has 3 rings (SSSR count). The minimum Gasteiger partial charge on any atom is -0.497 e. The number of carbonyl (C=O) groups excluding carboxylic acids is 1. The van der Waals surface area contributed by atoms with Crippen LogP contribution in [0.2, 0.25) is 0 Å². The van der Waals surface area contributed by atoms with Crippen LogP contribution in [-0.4, -0.2) is 26.1 Å². The quantitative estimate of drug-likeness (QED) is 0.885. The van der Waals surface area contributed by atoms with Crippen LogP contribution in [0.5, 0.6) is 5.75 Å². The molecule has 1 saturated heterocycles. The van der Waals surface area contributed by atoms with Crippen molar-refractivity contribution in [1.82, 2.24) is 10.6 Å². The summed E-state index contributed by atoms with van der Waals surface area (Å²) in [6, 6.07) is 11.6. The number of amides is 1. The molecule has 1 aliphatic heterocycles. The molecular weight excluding hydrogens is 280 g/mol. The summed E-state index contributed by atoms with van der Waals surface area (Å²) in [7, 11) is 1.65. The number of rotatable bonds is 5. The van der Waals surface area contributed by atoms with E-state index in [0.29, 0.717) is 13.1 Å². The van der Waals surface area contributed by atoms with Gasteiger partial charge in [0.05, 0.1) is 25.8 Å². The molecule has 5 heteroatoms. The maximum absolute atomic E-state index is 12.4. The van der Waals surface area contributed by atoms with E-state index < -0.39 is 0 Å². The first-order valence-electron chi connectivity index (χ1n) is 7.42. The molecule has 0 saturated carbocycles. The zero-order valence-electron chi connectivity index (χ0n) is 12.5. The Morgan fingerprint density at radius 2 is 2.14 bits per heavy atom. The zero-order valence-corrected chi connectivity index (χ0v) is 12.5. The fourth-order valence-electron chi connectivity index (χ4n) is 2.87. The minimum absolute atomic E-state index is 0.0576. The smallest absolute Gasteiger partial charge is 0.225 e. The van der Waals surface area contributed by atoms with Crippen LogP contribution in [0.4, 0.5) is 0 Å². The van der Waals surface area contributed by atoms with Gasteiger partial charge in [-0.2, -0.15) is 0 Å². The molecular formula is C17H20N2O3. The SMILES string of the molecule is COc1ccc(C2CNCC2C(=O)NCc2ccco2)cc1. The minimum atomic E-state index is -0.0663. The molecule has 0 radical (unpaired) electrons. The molecule has 2 heterocycles. The summed E-state index contributed by atoms with van der Waals surface area (Å²) in [6.07, 6.45) is 1.61. The van der Waals surface area contributed by atoms with E-state index in [9.17, 15) is 4.79 Å². The van der Waals surface area contributed by atoms with Crippen LogP contribution >= 0.6 is 0 Å². The first-order valence-corrected chi connectivity index (χ1v) is 7.42. The molecule has 1 amide bonds. The molecule has 5 nitrogen and oxygen atoms in total. The highest BCUT2D eigenvalue weighted by atomic mass is 16.5. The van der Waals surface area contributed by atoms with Crippen LogP contribution in [-0.2, 0) is 11.3 Å². The highest BCUT2D eigenvalue weighted by Crippen LogP contribution is 2.29. The van der Waals surface area contributed by atoms with Crippen molar-refractivity contribution in [3.05, 3.63) is 54.0 Å². The second kappa shape index (κ2) is 6.66. The van der Waals surface area contributed by atoms with Gasteiger partial charge in [0.2, 0.25) is 5.91 Å². The van der Waals surface area contributed by atoms with E-state index in [1.807, 2.05) is 36.4 Å². The van der Waals surface area contributed by atoms with Crippen LogP contribution in [0, 0.1) is 5.92 Å². The van der Waals surface area contributed by atoms with E-state index in [4.69, 9.17) is 9.15 Å². The Bertz CT molecular complexity index is 607. The molecule has 1 aromatic heterocycles. The number of hydrogen-bond acceptors (Lipinski definition) is 4. The van der Waals surface area contributed by atoms with Crippen molar-refractivity contribution in [3.63, 3.8) is 0 Å². The van der Waals surface area contributed by atoms with Gasteiger partial charge in [-0.1, -0.05) is 12.1 Å². The summed E-state index contributed by atoms with van der Waals surface area (Å²) in [5.74, 6) is 1.77. The highest BCUT2D eigenvalue weighted by Gasteiger charge is 2.33. The number of benzene rings is 1. The monoisotopic (exact) mass is 300 g/mol. The van der Waals surface area contributed by atoms with Crippen LogP contribution < -0.4 is 15.4 Å². The van der Waals surface area contributed by atoms with Gasteiger partial charge in [0.1, 0.15) is 11.5 Å². The molecule has 116 valence electrons. The van der Waals surface area contributed by atoms with E-state index >= 15 is 0 Å². The Balaban J connectivity index is 1.65. The van der Waals surface area contributed by atoms with Crippen LogP contribution in [0.3, 0.4) is 0 Å². The molecule has 2 aromatic rings. The van der Waals surface area contributed by atoms with Gasteiger partial charge in [-0.15, -0.1) is 0 Å². The molecule has 0 aliphatic carbocycles. The molecule has 22 heavy (non-hydrogen) atoms. The number of hydrogen-bond donors (Lipinski definition) is 2. The van der Waals surface area contributed by atoms with Crippen molar-refractivity contribution in [2.45, 2.75) is 12.5 Å². The predicted octanol–water partition coefficient (Wildman–Crippen LogP) is 1.91. The number of nitrogens with one attached hydrogen (secondary N) is 2. The maximum atomic E-state index is 12.4. The van der Waals surface area contributed by atoms with Gasteiger partial charge in [0, 0.05) is 19.0 Å². The lowest BCUT2D eigenvalue weighted by Gasteiger charge is -2.18.